The Kier molecular flexibility index (Phi) is 5.61. The Hall–Kier alpha value is -0.820. The van der Waals surface area contributed by atoms with Gasteiger partial charge in [-0.05, 0) is 27.2 Å². The molecule has 1 fully saturated rings. The second-order valence-corrected chi connectivity index (χ2v) is 8.15. The van der Waals surface area contributed by atoms with E-state index in [-0.39, 0.29) is 23.1 Å². The molecule has 0 bridgehead atoms. The number of nitrogens with one attached hydrogen (secondary N) is 3. The maximum atomic E-state index is 11.4. The molecule has 1 unspecified atom stereocenters. The minimum Gasteiger partial charge on any atom is -0.355 e. The van der Waals surface area contributed by atoms with Crippen molar-refractivity contribution in [3.05, 3.63) is 0 Å². The van der Waals surface area contributed by atoms with Gasteiger partial charge in [-0.3, -0.25) is 4.99 Å². The molecule has 0 amide bonds. The zero-order valence-electron chi connectivity index (χ0n) is 12.3. The quantitative estimate of drug-likeness (QED) is 0.377. The van der Waals surface area contributed by atoms with Gasteiger partial charge in [0.2, 0.25) is 0 Å². The van der Waals surface area contributed by atoms with E-state index in [1.54, 1.807) is 7.05 Å². The number of sulfone groups is 1. The Bertz CT molecular complexity index is 412. The standard InChI is InChI=1S/C12H26N4O2S/c1-12(2,3)15-7-6-14-11(13-4)16-10-5-8-19(17,18)9-10/h10,15H,5-9H2,1-4H3,(H2,13,14,16). The van der Waals surface area contributed by atoms with Crippen LogP contribution in [0.15, 0.2) is 4.99 Å². The van der Waals surface area contributed by atoms with Crippen molar-refractivity contribution in [2.75, 3.05) is 31.6 Å². The third kappa shape index (κ3) is 6.77. The molecule has 1 aliphatic rings. The molecule has 1 aliphatic heterocycles. The third-order valence-electron chi connectivity index (χ3n) is 2.87. The molecular weight excluding hydrogens is 264 g/mol. The average molecular weight is 290 g/mol. The van der Waals surface area contributed by atoms with Crippen molar-refractivity contribution in [2.24, 2.45) is 4.99 Å². The Morgan fingerprint density at radius 1 is 1.32 bits per heavy atom. The molecule has 0 aromatic heterocycles. The van der Waals surface area contributed by atoms with Gasteiger partial charge in [0, 0.05) is 31.7 Å². The Morgan fingerprint density at radius 2 is 2.00 bits per heavy atom. The summed E-state index contributed by atoms with van der Waals surface area (Å²) < 4.78 is 22.7. The summed E-state index contributed by atoms with van der Waals surface area (Å²) in [6, 6.07) is -0.0215. The summed E-state index contributed by atoms with van der Waals surface area (Å²) in [6.45, 7) is 7.92. The van der Waals surface area contributed by atoms with E-state index in [1.165, 1.54) is 0 Å². The zero-order chi connectivity index (χ0) is 14.5. The van der Waals surface area contributed by atoms with Crippen molar-refractivity contribution in [1.29, 1.82) is 0 Å². The van der Waals surface area contributed by atoms with Crippen LogP contribution in [0.4, 0.5) is 0 Å². The van der Waals surface area contributed by atoms with Crippen LogP contribution < -0.4 is 16.0 Å². The predicted octanol–water partition coefficient (Wildman–Crippen LogP) is -0.273. The molecule has 0 aromatic rings. The first kappa shape index (κ1) is 16.2. The van der Waals surface area contributed by atoms with Gasteiger partial charge in [-0.2, -0.15) is 0 Å². The molecule has 0 radical (unpaired) electrons. The fourth-order valence-corrected chi connectivity index (χ4v) is 3.59. The van der Waals surface area contributed by atoms with Crippen molar-refractivity contribution in [2.45, 2.75) is 38.8 Å². The van der Waals surface area contributed by atoms with Crippen molar-refractivity contribution < 1.29 is 8.42 Å². The van der Waals surface area contributed by atoms with Crippen LogP contribution in [0, 0.1) is 0 Å². The fourth-order valence-electron chi connectivity index (χ4n) is 1.92. The minimum absolute atomic E-state index is 0.0215. The molecule has 1 saturated heterocycles. The van der Waals surface area contributed by atoms with E-state index in [4.69, 9.17) is 0 Å². The second-order valence-electron chi connectivity index (χ2n) is 5.92. The minimum atomic E-state index is -2.85. The molecule has 0 aliphatic carbocycles. The van der Waals surface area contributed by atoms with Gasteiger partial charge in [0.05, 0.1) is 11.5 Å². The summed E-state index contributed by atoms with van der Waals surface area (Å²) in [7, 11) is -1.16. The molecule has 6 nitrogen and oxygen atoms in total. The molecule has 7 heteroatoms. The lowest BCUT2D eigenvalue weighted by atomic mass is 10.1. The zero-order valence-corrected chi connectivity index (χ0v) is 13.1. The van der Waals surface area contributed by atoms with Crippen LogP contribution in [0.2, 0.25) is 0 Å². The van der Waals surface area contributed by atoms with E-state index in [0.29, 0.717) is 12.4 Å². The molecule has 0 spiro atoms. The summed E-state index contributed by atoms with van der Waals surface area (Å²) >= 11 is 0. The van der Waals surface area contributed by atoms with Gasteiger partial charge >= 0.3 is 0 Å². The Balaban J connectivity index is 2.28. The Labute approximate surface area is 116 Å². The van der Waals surface area contributed by atoms with Crippen LogP contribution in [0.5, 0.6) is 0 Å². The lowest BCUT2D eigenvalue weighted by Crippen LogP contribution is -2.47. The lowest BCUT2D eigenvalue weighted by molar-refractivity contribution is 0.428. The van der Waals surface area contributed by atoms with Gasteiger partial charge in [-0.15, -0.1) is 0 Å². The first-order valence-electron chi connectivity index (χ1n) is 6.64. The molecule has 112 valence electrons. The third-order valence-corrected chi connectivity index (χ3v) is 4.64. The topological polar surface area (TPSA) is 82.6 Å². The summed E-state index contributed by atoms with van der Waals surface area (Å²) in [4.78, 5) is 4.11. The molecule has 3 N–H and O–H groups in total. The summed E-state index contributed by atoms with van der Waals surface area (Å²) in [6.07, 6.45) is 0.656. The number of guanidine groups is 1. The Morgan fingerprint density at radius 3 is 2.47 bits per heavy atom. The van der Waals surface area contributed by atoms with E-state index >= 15 is 0 Å². The highest BCUT2D eigenvalue weighted by molar-refractivity contribution is 7.91. The van der Waals surface area contributed by atoms with E-state index in [2.05, 4.69) is 41.7 Å². The van der Waals surface area contributed by atoms with Crippen LogP contribution >= 0.6 is 0 Å². The van der Waals surface area contributed by atoms with Crippen LogP contribution in [0.25, 0.3) is 0 Å². The molecule has 1 atom stereocenters. The fraction of sp³-hybridized carbons (Fsp3) is 0.917. The molecular formula is C12H26N4O2S. The van der Waals surface area contributed by atoms with Crippen molar-refractivity contribution in [1.82, 2.24) is 16.0 Å². The lowest BCUT2D eigenvalue weighted by Gasteiger charge is -2.21. The summed E-state index contributed by atoms with van der Waals surface area (Å²) in [5.41, 5.74) is 0.0954. The second kappa shape index (κ2) is 6.56. The normalized spacial score (nSPS) is 23.4. The first-order chi connectivity index (χ1) is 8.72. The predicted molar refractivity (Wildman–Crippen MR) is 79.3 cm³/mol. The number of hydrogen-bond acceptors (Lipinski definition) is 4. The van der Waals surface area contributed by atoms with E-state index in [0.717, 1.165) is 13.1 Å². The van der Waals surface area contributed by atoms with E-state index in [9.17, 15) is 8.42 Å². The van der Waals surface area contributed by atoms with Gasteiger partial charge in [-0.1, -0.05) is 0 Å². The van der Waals surface area contributed by atoms with Crippen LogP contribution in [-0.2, 0) is 9.84 Å². The van der Waals surface area contributed by atoms with Gasteiger partial charge in [0.15, 0.2) is 15.8 Å². The van der Waals surface area contributed by atoms with Crippen molar-refractivity contribution >= 4 is 15.8 Å². The van der Waals surface area contributed by atoms with Gasteiger partial charge in [0.1, 0.15) is 0 Å². The first-order valence-corrected chi connectivity index (χ1v) is 8.47. The number of hydrogen-bond donors (Lipinski definition) is 3. The molecule has 1 rings (SSSR count). The highest BCUT2D eigenvalue weighted by Crippen LogP contribution is 2.10. The number of rotatable bonds is 4. The van der Waals surface area contributed by atoms with Crippen LogP contribution in [0.1, 0.15) is 27.2 Å². The summed E-state index contributed by atoms with van der Waals surface area (Å²) in [5.74, 6) is 1.14. The smallest absolute Gasteiger partial charge is 0.191 e. The maximum Gasteiger partial charge on any atom is 0.191 e. The van der Waals surface area contributed by atoms with Crippen LogP contribution in [0.3, 0.4) is 0 Å². The van der Waals surface area contributed by atoms with Gasteiger partial charge < -0.3 is 16.0 Å². The summed E-state index contributed by atoms with van der Waals surface area (Å²) in [5, 5.41) is 9.70. The monoisotopic (exact) mass is 290 g/mol. The van der Waals surface area contributed by atoms with Gasteiger partial charge in [-0.25, -0.2) is 8.42 Å². The van der Waals surface area contributed by atoms with E-state index in [1.807, 2.05) is 0 Å². The highest BCUT2D eigenvalue weighted by Gasteiger charge is 2.28. The largest absolute Gasteiger partial charge is 0.355 e. The number of nitrogens with zero attached hydrogens (tertiary/aromatic N) is 1. The molecule has 0 aromatic carbocycles. The molecule has 1 heterocycles. The van der Waals surface area contributed by atoms with Gasteiger partial charge in [0.25, 0.3) is 0 Å². The molecule has 0 saturated carbocycles. The highest BCUT2D eigenvalue weighted by atomic mass is 32.2. The average Bonchev–Trinajstić information content (AvgIpc) is 2.61. The maximum absolute atomic E-state index is 11.4. The SMILES string of the molecule is CN=C(NCCNC(C)(C)C)NC1CCS(=O)(=O)C1. The number of aliphatic imine (C=N–C) groups is 1. The van der Waals surface area contributed by atoms with E-state index < -0.39 is 9.84 Å². The molecule has 19 heavy (non-hydrogen) atoms. The van der Waals surface area contributed by atoms with Crippen molar-refractivity contribution in [3.8, 4) is 0 Å². The van der Waals surface area contributed by atoms with Crippen molar-refractivity contribution in [3.63, 3.8) is 0 Å². The van der Waals surface area contributed by atoms with Crippen LogP contribution in [-0.4, -0.2) is 57.6 Å².